The fraction of sp³-hybridized carbons (Fsp3) is 0.400. The summed E-state index contributed by atoms with van der Waals surface area (Å²) in [7, 11) is 0. The van der Waals surface area contributed by atoms with Crippen molar-refractivity contribution in [2.45, 2.75) is 26.7 Å². The van der Waals surface area contributed by atoms with Crippen LogP contribution in [0.4, 0.5) is 5.00 Å². The van der Waals surface area contributed by atoms with E-state index >= 15 is 0 Å². The molecule has 0 bridgehead atoms. The maximum absolute atomic E-state index is 5.74. The summed E-state index contributed by atoms with van der Waals surface area (Å²) in [5.74, 6) is 1.71. The average Bonchev–Trinajstić information content (AvgIpc) is 2.73. The first-order valence-electron chi connectivity index (χ1n) is 4.98. The number of anilines is 1. The van der Waals surface area contributed by atoms with Crippen molar-refractivity contribution in [3.63, 3.8) is 0 Å². The van der Waals surface area contributed by atoms with E-state index in [1.165, 1.54) is 11.3 Å². The summed E-state index contributed by atoms with van der Waals surface area (Å²) in [4.78, 5) is 5.49. The molecule has 0 aromatic carbocycles. The quantitative estimate of drug-likeness (QED) is 0.837. The molecular formula is C10H14N4S. The zero-order valence-electron chi connectivity index (χ0n) is 8.87. The fourth-order valence-electron chi connectivity index (χ4n) is 1.47. The van der Waals surface area contributed by atoms with Crippen LogP contribution in [0.1, 0.15) is 24.7 Å². The third-order valence-electron chi connectivity index (χ3n) is 2.16. The van der Waals surface area contributed by atoms with Crippen molar-refractivity contribution in [2.24, 2.45) is 0 Å². The minimum absolute atomic E-state index is 0.762. The summed E-state index contributed by atoms with van der Waals surface area (Å²) in [5.41, 5.74) is 6.87. The predicted molar refractivity (Wildman–Crippen MR) is 62.8 cm³/mol. The van der Waals surface area contributed by atoms with E-state index in [2.05, 4.69) is 22.1 Å². The first-order chi connectivity index (χ1) is 7.20. The van der Waals surface area contributed by atoms with E-state index in [1.807, 2.05) is 13.0 Å². The number of nitrogens with one attached hydrogen (secondary N) is 1. The van der Waals surface area contributed by atoms with Crippen molar-refractivity contribution in [1.82, 2.24) is 15.2 Å². The number of nitrogens with two attached hydrogens (primary N) is 1. The van der Waals surface area contributed by atoms with Crippen molar-refractivity contribution in [3.05, 3.63) is 17.5 Å². The molecule has 0 spiro atoms. The zero-order chi connectivity index (χ0) is 10.8. The van der Waals surface area contributed by atoms with Crippen LogP contribution in [-0.4, -0.2) is 15.2 Å². The number of aromatic amines is 1. The number of thiophene rings is 1. The van der Waals surface area contributed by atoms with E-state index in [1.54, 1.807) is 0 Å². The highest BCUT2D eigenvalue weighted by Crippen LogP contribution is 2.31. The summed E-state index contributed by atoms with van der Waals surface area (Å²) in [6.45, 7) is 4.15. The van der Waals surface area contributed by atoms with Gasteiger partial charge in [0.1, 0.15) is 5.82 Å². The van der Waals surface area contributed by atoms with E-state index in [0.29, 0.717) is 0 Å². The van der Waals surface area contributed by atoms with Crippen LogP contribution < -0.4 is 5.73 Å². The van der Waals surface area contributed by atoms with Crippen LogP contribution in [0.15, 0.2) is 6.07 Å². The van der Waals surface area contributed by atoms with Crippen LogP contribution in [-0.2, 0) is 6.42 Å². The van der Waals surface area contributed by atoms with Crippen LogP contribution in [0, 0.1) is 6.92 Å². The van der Waals surface area contributed by atoms with Gasteiger partial charge >= 0.3 is 0 Å². The van der Waals surface area contributed by atoms with Crippen molar-refractivity contribution >= 4 is 16.3 Å². The first kappa shape index (κ1) is 10.2. The molecule has 2 aromatic heterocycles. The Labute approximate surface area is 92.5 Å². The maximum Gasteiger partial charge on any atom is 0.191 e. The summed E-state index contributed by atoms with van der Waals surface area (Å²) < 4.78 is 0. The third-order valence-corrected chi connectivity index (χ3v) is 3.22. The largest absolute Gasteiger partial charge is 0.391 e. The second-order valence-corrected chi connectivity index (χ2v) is 4.60. The molecule has 0 aliphatic heterocycles. The Morgan fingerprint density at radius 3 is 2.93 bits per heavy atom. The molecule has 2 aromatic rings. The SMILES string of the molecule is CCCc1nc(-c2sc(N)cc2C)n[nH]1. The van der Waals surface area contributed by atoms with Crippen molar-refractivity contribution in [3.8, 4) is 10.7 Å². The zero-order valence-corrected chi connectivity index (χ0v) is 9.69. The Balaban J connectivity index is 2.32. The molecule has 5 heteroatoms. The maximum atomic E-state index is 5.74. The molecule has 0 fully saturated rings. The number of rotatable bonds is 3. The van der Waals surface area contributed by atoms with Gasteiger partial charge in [-0.1, -0.05) is 6.92 Å². The molecule has 80 valence electrons. The van der Waals surface area contributed by atoms with Crippen LogP contribution in [0.3, 0.4) is 0 Å². The van der Waals surface area contributed by atoms with Crippen molar-refractivity contribution in [2.75, 3.05) is 5.73 Å². The molecule has 4 nitrogen and oxygen atoms in total. The highest BCUT2D eigenvalue weighted by atomic mass is 32.1. The second-order valence-electron chi connectivity index (χ2n) is 3.52. The number of nitrogen functional groups attached to an aromatic ring is 1. The molecule has 3 N–H and O–H groups in total. The lowest BCUT2D eigenvalue weighted by Gasteiger charge is -1.90. The van der Waals surface area contributed by atoms with E-state index < -0.39 is 0 Å². The van der Waals surface area contributed by atoms with Gasteiger partial charge in [0.15, 0.2) is 5.82 Å². The van der Waals surface area contributed by atoms with E-state index in [9.17, 15) is 0 Å². The highest BCUT2D eigenvalue weighted by molar-refractivity contribution is 7.19. The molecule has 0 aliphatic rings. The normalized spacial score (nSPS) is 10.8. The molecule has 0 aliphatic carbocycles. The second kappa shape index (κ2) is 4.02. The van der Waals surface area contributed by atoms with Gasteiger partial charge in [-0.25, -0.2) is 4.98 Å². The number of hydrogen-bond donors (Lipinski definition) is 2. The first-order valence-corrected chi connectivity index (χ1v) is 5.80. The Kier molecular flexibility index (Phi) is 2.73. The molecule has 0 radical (unpaired) electrons. The number of hydrogen-bond acceptors (Lipinski definition) is 4. The minimum Gasteiger partial charge on any atom is -0.391 e. The Morgan fingerprint density at radius 1 is 1.53 bits per heavy atom. The lowest BCUT2D eigenvalue weighted by Crippen LogP contribution is -1.85. The molecular weight excluding hydrogens is 208 g/mol. The van der Waals surface area contributed by atoms with Gasteiger partial charge in [-0.2, -0.15) is 5.10 Å². The van der Waals surface area contributed by atoms with Gasteiger partial charge < -0.3 is 5.73 Å². The lowest BCUT2D eigenvalue weighted by molar-refractivity contribution is 0.841. The summed E-state index contributed by atoms with van der Waals surface area (Å²) >= 11 is 1.53. The van der Waals surface area contributed by atoms with Gasteiger partial charge in [0.25, 0.3) is 0 Å². The molecule has 2 heterocycles. The molecule has 0 atom stereocenters. The number of H-pyrrole nitrogens is 1. The Hall–Kier alpha value is -1.36. The van der Waals surface area contributed by atoms with E-state index in [-0.39, 0.29) is 0 Å². The van der Waals surface area contributed by atoms with Gasteiger partial charge in [0.2, 0.25) is 0 Å². The highest BCUT2D eigenvalue weighted by Gasteiger charge is 2.11. The molecule has 2 rings (SSSR count). The standard InChI is InChI=1S/C10H14N4S/c1-3-4-8-12-10(14-13-8)9-6(2)5-7(11)15-9/h5H,3-4,11H2,1-2H3,(H,12,13,14). The minimum atomic E-state index is 0.762. The molecule has 0 amide bonds. The van der Waals surface area contributed by atoms with Gasteiger partial charge in [0, 0.05) is 6.42 Å². The van der Waals surface area contributed by atoms with Gasteiger partial charge in [-0.15, -0.1) is 11.3 Å². The molecule has 0 unspecified atom stereocenters. The summed E-state index contributed by atoms with van der Waals surface area (Å²) in [6, 6.07) is 1.95. The van der Waals surface area contributed by atoms with E-state index in [0.717, 1.165) is 39.9 Å². The Morgan fingerprint density at radius 2 is 2.33 bits per heavy atom. The number of aromatic nitrogens is 3. The van der Waals surface area contributed by atoms with Crippen LogP contribution in [0.2, 0.25) is 0 Å². The summed E-state index contributed by atoms with van der Waals surface area (Å²) in [6.07, 6.45) is 2.01. The molecule has 15 heavy (non-hydrogen) atoms. The van der Waals surface area contributed by atoms with E-state index in [4.69, 9.17) is 5.73 Å². The predicted octanol–water partition coefficient (Wildman–Crippen LogP) is 2.38. The van der Waals surface area contributed by atoms with Gasteiger partial charge in [0.05, 0.1) is 9.88 Å². The average molecular weight is 222 g/mol. The Bertz CT molecular complexity index is 458. The van der Waals surface area contributed by atoms with Gasteiger partial charge in [-0.05, 0) is 25.0 Å². The van der Waals surface area contributed by atoms with Crippen LogP contribution in [0.5, 0.6) is 0 Å². The van der Waals surface area contributed by atoms with Crippen LogP contribution in [0.25, 0.3) is 10.7 Å². The molecule has 0 saturated carbocycles. The van der Waals surface area contributed by atoms with Gasteiger partial charge in [-0.3, -0.25) is 5.10 Å². The van der Waals surface area contributed by atoms with Crippen LogP contribution >= 0.6 is 11.3 Å². The monoisotopic (exact) mass is 222 g/mol. The topological polar surface area (TPSA) is 67.6 Å². The lowest BCUT2D eigenvalue weighted by atomic mass is 10.3. The smallest absolute Gasteiger partial charge is 0.191 e. The number of nitrogens with zero attached hydrogens (tertiary/aromatic N) is 2. The third kappa shape index (κ3) is 2.02. The molecule has 0 saturated heterocycles. The summed E-state index contributed by atoms with van der Waals surface area (Å²) in [5, 5.41) is 7.95. The van der Waals surface area contributed by atoms with Crippen molar-refractivity contribution in [1.29, 1.82) is 0 Å². The van der Waals surface area contributed by atoms with Crippen molar-refractivity contribution < 1.29 is 0 Å². The fourth-order valence-corrected chi connectivity index (χ4v) is 2.35. The number of aryl methyl sites for hydroxylation is 2.